The molecule has 3 aromatic rings. The number of aromatic amines is 1. The van der Waals surface area contributed by atoms with Crippen LogP contribution in [0, 0.1) is 5.92 Å². The van der Waals surface area contributed by atoms with Crippen LogP contribution in [0.2, 0.25) is 0 Å². The number of hydrogen-bond acceptors (Lipinski definition) is 3. The lowest BCUT2D eigenvalue weighted by Crippen LogP contribution is -2.51. The largest absolute Gasteiger partial charge is 0.361 e. The van der Waals surface area contributed by atoms with Gasteiger partial charge in [0.15, 0.2) is 0 Å². The minimum absolute atomic E-state index is 0.263. The fourth-order valence-electron chi connectivity index (χ4n) is 4.80. The molecule has 1 aromatic carbocycles. The Balaban J connectivity index is 1.12. The van der Waals surface area contributed by atoms with E-state index in [1.165, 1.54) is 36.6 Å². The molecule has 1 amide bonds. The maximum Gasteiger partial charge on any atom is 0.222 e. The quantitative estimate of drug-likeness (QED) is 0.715. The molecule has 0 spiro atoms. The Morgan fingerprint density at radius 2 is 2.00 bits per heavy atom. The summed E-state index contributed by atoms with van der Waals surface area (Å²) in [6.45, 7) is 1.70. The van der Waals surface area contributed by atoms with E-state index in [0.717, 1.165) is 37.3 Å². The highest BCUT2D eigenvalue weighted by atomic mass is 16.2. The van der Waals surface area contributed by atoms with Crippen LogP contribution in [0.25, 0.3) is 10.9 Å². The van der Waals surface area contributed by atoms with E-state index >= 15 is 0 Å². The average Bonchev–Trinajstić information content (AvgIpc) is 3.42. The SMILES string of the molecule is O=C(CCc1c[nH]c2ccccc12)N1CC(Cc2nncn2C2CCCC2)C1. The van der Waals surface area contributed by atoms with E-state index in [1.54, 1.807) is 0 Å². The molecule has 1 saturated carbocycles. The van der Waals surface area contributed by atoms with Crippen molar-refractivity contribution in [3.63, 3.8) is 0 Å². The van der Waals surface area contributed by atoms with Crippen molar-refractivity contribution in [3.05, 3.63) is 48.2 Å². The molecule has 0 bridgehead atoms. The van der Waals surface area contributed by atoms with Crippen LogP contribution in [-0.4, -0.2) is 43.6 Å². The van der Waals surface area contributed by atoms with Crippen molar-refractivity contribution in [1.29, 1.82) is 0 Å². The number of aryl methyl sites for hydroxylation is 1. The zero-order valence-corrected chi connectivity index (χ0v) is 16.2. The van der Waals surface area contributed by atoms with Crippen LogP contribution in [0.4, 0.5) is 0 Å². The minimum atomic E-state index is 0.263. The summed E-state index contributed by atoms with van der Waals surface area (Å²) in [4.78, 5) is 17.8. The van der Waals surface area contributed by atoms with Gasteiger partial charge in [-0.3, -0.25) is 4.79 Å². The van der Waals surface area contributed by atoms with Crippen molar-refractivity contribution >= 4 is 16.8 Å². The van der Waals surface area contributed by atoms with E-state index in [-0.39, 0.29) is 5.91 Å². The molecule has 2 aromatic heterocycles. The number of aromatic nitrogens is 4. The first-order chi connectivity index (χ1) is 13.8. The normalized spacial score (nSPS) is 18.1. The Bertz CT molecular complexity index is 962. The van der Waals surface area contributed by atoms with E-state index in [2.05, 4.69) is 31.9 Å². The van der Waals surface area contributed by atoms with Crippen molar-refractivity contribution in [1.82, 2.24) is 24.6 Å². The van der Waals surface area contributed by atoms with E-state index in [9.17, 15) is 4.79 Å². The first kappa shape index (κ1) is 17.5. The van der Waals surface area contributed by atoms with Gasteiger partial charge in [-0.1, -0.05) is 31.0 Å². The number of hydrogen-bond donors (Lipinski definition) is 1. The number of likely N-dealkylation sites (tertiary alicyclic amines) is 1. The van der Waals surface area contributed by atoms with Crippen LogP contribution in [0.5, 0.6) is 0 Å². The number of benzene rings is 1. The first-order valence-electron chi connectivity index (χ1n) is 10.5. The van der Waals surface area contributed by atoms with E-state index < -0.39 is 0 Å². The van der Waals surface area contributed by atoms with Gasteiger partial charge in [-0.05, 0) is 30.9 Å². The molecule has 1 N–H and O–H groups in total. The maximum absolute atomic E-state index is 12.6. The average molecular weight is 377 g/mol. The predicted octanol–water partition coefficient (Wildman–Crippen LogP) is 3.51. The van der Waals surface area contributed by atoms with Crippen molar-refractivity contribution in [3.8, 4) is 0 Å². The summed E-state index contributed by atoms with van der Waals surface area (Å²) >= 11 is 0. The van der Waals surface area contributed by atoms with Crippen molar-refractivity contribution < 1.29 is 4.79 Å². The number of nitrogens with zero attached hydrogens (tertiary/aromatic N) is 4. The summed E-state index contributed by atoms with van der Waals surface area (Å²) in [6, 6.07) is 8.85. The first-order valence-corrected chi connectivity index (χ1v) is 10.5. The molecule has 1 saturated heterocycles. The van der Waals surface area contributed by atoms with Crippen LogP contribution in [0.15, 0.2) is 36.8 Å². The van der Waals surface area contributed by atoms with Gasteiger partial charge in [0.2, 0.25) is 5.91 Å². The molecule has 0 unspecified atom stereocenters. The Hall–Kier alpha value is -2.63. The third kappa shape index (κ3) is 3.32. The maximum atomic E-state index is 12.6. The molecule has 0 atom stereocenters. The second-order valence-corrected chi connectivity index (χ2v) is 8.32. The van der Waals surface area contributed by atoms with Crippen molar-refractivity contribution in [2.75, 3.05) is 13.1 Å². The predicted molar refractivity (Wildman–Crippen MR) is 108 cm³/mol. The number of carbonyl (C=O) groups is 1. The number of para-hydroxylation sites is 1. The summed E-state index contributed by atoms with van der Waals surface area (Å²) < 4.78 is 2.29. The molecule has 3 heterocycles. The second-order valence-electron chi connectivity index (χ2n) is 8.32. The highest BCUT2D eigenvalue weighted by Gasteiger charge is 2.32. The molecule has 6 heteroatoms. The van der Waals surface area contributed by atoms with Gasteiger partial charge in [0.05, 0.1) is 0 Å². The third-order valence-electron chi connectivity index (χ3n) is 6.43. The lowest BCUT2D eigenvalue weighted by atomic mass is 9.95. The van der Waals surface area contributed by atoms with Gasteiger partial charge >= 0.3 is 0 Å². The smallest absolute Gasteiger partial charge is 0.222 e. The molecular weight excluding hydrogens is 350 g/mol. The molecule has 146 valence electrons. The van der Waals surface area contributed by atoms with Crippen LogP contribution < -0.4 is 0 Å². The van der Waals surface area contributed by atoms with Gasteiger partial charge in [-0.25, -0.2) is 0 Å². The van der Waals surface area contributed by atoms with E-state index in [1.807, 2.05) is 29.6 Å². The summed E-state index contributed by atoms with van der Waals surface area (Å²) in [7, 11) is 0. The minimum Gasteiger partial charge on any atom is -0.361 e. The summed E-state index contributed by atoms with van der Waals surface area (Å²) in [5.74, 6) is 1.88. The van der Waals surface area contributed by atoms with Gasteiger partial charge in [-0.2, -0.15) is 0 Å². The number of nitrogens with one attached hydrogen (secondary N) is 1. The Morgan fingerprint density at radius 1 is 1.18 bits per heavy atom. The van der Waals surface area contributed by atoms with Gasteiger partial charge in [0, 0.05) is 55.0 Å². The second kappa shape index (κ2) is 7.41. The van der Waals surface area contributed by atoms with Gasteiger partial charge < -0.3 is 14.5 Å². The summed E-state index contributed by atoms with van der Waals surface area (Å²) in [5, 5.41) is 9.73. The Morgan fingerprint density at radius 3 is 2.86 bits per heavy atom. The molecule has 2 aliphatic rings. The highest BCUT2D eigenvalue weighted by molar-refractivity contribution is 5.84. The van der Waals surface area contributed by atoms with Gasteiger partial charge in [0.1, 0.15) is 12.2 Å². The lowest BCUT2D eigenvalue weighted by Gasteiger charge is -2.39. The van der Waals surface area contributed by atoms with Crippen LogP contribution in [0.3, 0.4) is 0 Å². The monoisotopic (exact) mass is 377 g/mol. The molecule has 28 heavy (non-hydrogen) atoms. The van der Waals surface area contributed by atoms with Crippen LogP contribution in [0.1, 0.15) is 49.5 Å². The van der Waals surface area contributed by atoms with Gasteiger partial charge in [-0.15, -0.1) is 10.2 Å². The number of fused-ring (bicyclic) bond motifs is 1. The molecule has 6 nitrogen and oxygen atoms in total. The van der Waals surface area contributed by atoms with Crippen LogP contribution >= 0.6 is 0 Å². The third-order valence-corrected chi connectivity index (χ3v) is 6.43. The van der Waals surface area contributed by atoms with E-state index in [0.29, 0.717) is 18.4 Å². The Kier molecular flexibility index (Phi) is 4.63. The molecule has 1 aliphatic carbocycles. The van der Waals surface area contributed by atoms with Crippen LogP contribution in [-0.2, 0) is 17.6 Å². The molecule has 2 fully saturated rings. The van der Waals surface area contributed by atoms with Crippen molar-refractivity contribution in [2.45, 2.75) is 51.0 Å². The Labute approximate surface area is 164 Å². The molecule has 1 aliphatic heterocycles. The zero-order valence-electron chi connectivity index (χ0n) is 16.2. The highest BCUT2D eigenvalue weighted by Crippen LogP contribution is 2.31. The molecular formula is C22H27N5O. The molecule has 0 radical (unpaired) electrons. The van der Waals surface area contributed by atoms with E-state index in [4.69, 9.17) is 0 Å². The standard InChI is InChI=1S/C22H27N5O/c28-22(10-9-17-12-23-20-8-4-3-7-19(17)20)26-13-16(14-26)11-21-25-24-15-27(21)18-5-1-2-6-18/h3-4,7-8,12,15-16,18,23H,1-2,5-6,9-11,13-14H2. The topological polar surface area (TPSA) is 66.8 Å². The number of H-pyrrole nitrogens is 1. The number of carbonyl (C=O) groups excluding carboxylic acids is 1. The summed E-state index contributed by atoms with van der Waals surface area (Å²) in [6.07, 6.45) is 11.3. The van der Waals surface area contributed by atoms with Gasteiger partial charge in [0.25, 0.3) is 0 Å². The number of amides is 1. The fourth-order valence-corrected chi connectivity index (χ4v) is 4.80. The number of rotatable bonds is 6. The molecule has 5 rings (SSSR count). The van der Waals surface area contributed by atoms with Crippen molar-refractivity contribution in [2.24, 2.45) is 5.92 Å². The zero-order chi connectivity index (χ0) is 18.9. The summed E-state index contributed by atoms with van der Waals surface area (Å²) in [5.41, 5.74) is 2.37. The lowest BCUT2D eigenvalue weighted by molar-refractivity contribution is -0.137. The fraction of sp³-hybridized carbons (Fsp3) is 0.500.